The first kappa shape index (κ1) is 14.4. The van der Waals surface area contributed by atoms with E-state index in [1.54, 1.807) is 5.56 Å². The van der Waals surface area contributed by atoms with Gasteiger partial charge in [-0.2, -0.15) is 0 Å². The van der Waals surface area contributed by atoms with Gasteiger partial charge in [0.25, 0.3) is 0 Å². The minimum Gasteiger partial charge on any atom is -0.302 e. The van der Waals surface area contributed by atoms with Crippen molar-refractivity contribution < 1.29 is 0 Å². The fourth-order valence-corrected chi connectivity index (χ4v) is 4.68. The highest BCUT2D eigenvalue weighted by Gasteiger charge is 2.60. The molecule has 0 radical (unpaired) electrons. The molecule has 0 N–H and O–H groups in total. The summed E-state index contributed by atoms with van der Waals surface area (Å²) < 4.78 is 0. The van der Waals surface area contributed by atoms with Gasteiger partial charge in [0, 0.05) is 25.0 Å². The summed E-state index contributed by atoms with van der Waals surface area (Å²) in [6.45, 7) is 4.08. The molecule has 0 spiro atoms. The van der Waals surface area contributed by atoms with E-state index in [-0.39, 0.29) is 12.4 Å². The Hall–Kier alpha value is -0.530. The largest absolute Gasteiger partial charge is 0.302 e. The van der Waals surface area contributed by atoms with Crippen molar-refractivity contribution in [3.63, 3.8) is 0 Å². The van der Waals surface area contributed by atoms with Crippen molar-refractivity contribution in [1.29, 1.82) is 0 Å². The molecule has 0 amide bonds. The molecule has 1 heterocycles. The fraction of sp³-hybridized carbons (Fsp3) is 0.667. The fourth-order valence-electron chi connectivity index (χ4n) is 4.68. The maximum absolute atomic E-state index is 2.77. The number of halogens is 1. The third kappa shape index (κ3) is 2.51. The summed E-state index contributed by atoms with van der Waals surface area (Å²) in [7, 11) is 0. The summed E-state index contributed by atoms with van der Waals surface area (Å²) in [5.41, 5.74) is 2.15. The molecule has 2 saturated carbocycles. The minimum absolute atomic E-state index is 0. The van der Waals surface area contributed by atoms with E-state index in [1.807, 2.05) is 0 Å². The van der Waals surface area contributed by atoms with E-state index in [4.69, 9.17) is 0 Å². The topological polar surface area (TPSA) is 3.24 Å². The third-order valence-corrected chi connectivity index (χ3v) is 5.81. The zero-order valence-electron chi connectivity index (χ0n) is 12.3. The van der Waals surface area contributed by atoms with Gasteiger partial charge in [0.05, 0.1) is 0 Å². The highest BCUT2D eigenvalue weighted by Crippen LogP contribution is 2.59. The number of hydrogen-bond acceptors (Lipinski definition) is 1. The summed E-state index contributed by atoms with van der Waals surface area (Å²) in [5.74, 6) is 1.96. The molecule has 2 atom stereocenters. The SMILES string of the molecule is Cl.c1ccc(C23CC2CN(CC2CCCCC2)C3)cc1. The van der Waals surface area contributed by atoms with Gasteiger partial charge in [-0.3, -0.25) is 0 Å². The first-order valence-corrected chi connectivity index (χ1v) is 8.15. The number of piperidine rings is 1. The van der Waals surface area contributed by atoms with Crippen LogP contribution in [0, 0.1) is 11.8 Å². The van der Waals surface area contributed by atoms with Crippen LogP contribution in [0.4, 0.5) is 0 Å². The zero-order chi connectivity index (χ0) is 12.7. The van der Waals surface area contributed by atoms with E-state index in [2.05, 4.69) is 35.2 Å². The Kier molecular flexibility index (Phi) is 4.10. The Balaban J connectivity index is 0.00000121. The van der Waals surface area contributed by atoms with Gasteiger partial charge in [0.2, 0.25) is 0 Å². The summed E-state index contributed by atoms with van der Waals surface area (Å²) in [6, 6.07) is 11.3. The Morgan fingerprint density at radius 1 is 1.05 bits per heavy atom. The first-order valence-electron chi connectivity index (χ1n) is 8.15. The molecule has 1 nitrogen and oxygen atoms in total. The average Bonchev–Trinajstić information content (AvgIpc) is 3.04. The number of likely N-dealkylation sites (tertiary alicyclic amines) is 1. The van der Waals surface area contributed by atoms with Crippen LogP contribution in [0.2, 0.25) is 0 Å². The van der Waals surface area contributed by atoms with Gasteiger partial charge in [-0.1, -0.05) is 49.6 Å². The predicted molar refractivity (Wildman–Crippen MR) is 86.5 cm³/mol. The van der Waals surface area contributed by atoms with Crippen LogP contribution in [0.3, 0.4) is 0 Å². The lowest BCUT2D eigenvalue weighted by atomic mass is 9.88. The van der Waals surface area contributed by atoms with Crippen molar-refractivity contribution in [3.05, 3.63) is 35.9 Å². The molecule has 1 aromatic carbocycles. The van der Waals surface area contributed by atoms with Gasteiger partial charge in [-0.15, -0.1) is 12.4 Å². The number of benzene rings is 1. The molecular weight excluding hydrogens is 266 g/mol. The first-order chi connectivity index (χ1) is 9.37. The van der Waals surface area contributed by atoms with Crippen LogP contribution in [-0.4, -0.2) is 24.5 Å². The van der Waals surface area contributed by atoms with Gasteiger partial charge in [-0.05, 0) is 36.7 Å². The molecule has 2 unspecified atom stereocenters. The molecule has 4 rings (SSSR count). The molecule has 20 heavy (non-hydrogen) atoms. The van der Waals surface area contributed by atoms with E-state index in [1.165, 1.54) is 58.2 Å². The van der Waals surface area contributed by atoms with Crippen molar-refractivity contribution in [2.24, 2.45) is 11.8 Å². The second kappa shape index (κ2) is 5.69. The maximum Gasteiger partial charge on any atom is 0.0124 e. The molecule has 1 aliphatic heterocycles. The van der Waals surface area contributed by atoms with Crippen molar-refractivity contribution in [1.82, 2.24) is 4.90 Å². The summed E-state index contributed by atoms with van der Waals surface area (Å²) in [6.07, 6.45) is 8.85. The van der Waals surface area contributed by atoms with Gasteiger partial charge in [-0.25, -0.2) is 0 Å². The molecule has 2 heteroatoms. The second-order valence-corrected chi connectivity index (χ2v) is 7.12. The Morgan fingerprint density at radius 3 is 2.55 bits per heavy atom. The minimum atomic E-state index is 0. The number of fused-ring (bicyclic) bond motifs is 1. The van der Waals surface area contributed by atoms with Crippen LogP contribution in [0.25, 0.3) is 0 Å². The molecule has 0 aromatic heterocycles. The predicted octanol–water partition coefficient (Wildman–Crippen LogP) is 4.26. The van der Waals surface area contributed by atoms with E-state index < -0.39 is 0 Å². The molecule has 1 saturated heterocycles. The smallest absolute Gasteiger partial charge is 0.0124 e. The van der Waals surface area contributed by atoms with Crippen molar-refractivity contribution in [2.45, 2.75) is 43.9 Å². The van der Waals surface area contributed by atoms with Crippen molar-refractivity contribution in [2.75, 3.05) is 19.6 Å². The summed E-state index contributed by atoms with van der Waals surface area (Å²) in [4.78, 5) is 2.77. The van der Waals surface area contributed by atoms with E-state index in [0.29, 0.717) is 5.41 Å². The molecule has 110 valence electrons. The number of rotatable bonds is 3. The molecule has 1 aromatic rings. The molecular formula is C18H26ClN. The monoisotopic (exact) mass is 291 g/mol. The van der Waals surface area contributed by atoms with E-state index in [0.717, 1.165) is 11.8 Å². The Morgan fingerprint density at radius 2 is 1.80 bits per heavy atom. The normalized spacial score (nSPS) is 33.5. The van der Waals surface area contributed by atoms with Gasteiger partial charge in [0.1, 0.15) is 0 Å². The van der Waals surface area contributed by atoms with Gasteiger partial charge in [0.15, 0.2) is 0 Å². The Labute approximate surface area is 129 Å². The highest BCUT2D eigenvalue weighted by atomic mass is 35.5. The van der Waals surface area contributed by atoms with Crippen molar-refractivity contribution in [3.8, 4) is 0 Å². The van der Waals surface area contributed by atoms with Crippen molar-refractivity contribution >= 4 is 12.4 Å². The number of hydrogen-bond donors (Lipinski definition) is 0. The lowest BCUT2D eigenvalue weighted by molar-refractivity contribution is 0.214. The van der Waals surface area contributed by atoms with Gasteiger partial charge < -0.3 is 4.90 Å². The number of nitrogens with zero attached hydrogens (tertiary/aromatic N) is 1. The standard InChI is InChI=1S/C18H25N.ClH/c1-3-7-15(8-4-1)12-19-13-17-11-18(17,14-19)16-9-5-2-6-10-16;/h2,5-6,9-10,15,17H,1,3-4,7-8,11-14H2;1H. The summed E-state index contributed by atoms with van der Waals surface area (Å²) >= 11 is 0. The van der Waals surface area contributed by atoms with E-state index in [9.17, 15) is 0 Å². The lowest BCUT2D eigenvalue weighted by Crippen LogP contribution is -2.32. The molecule has 3 fully saturated rings. The summed E-state index contributed by atoms with van der Waals surface area (Å²) in [5, 5.41) is 0. The Bertz CT molecular complexity index is 440. The third-order valence-electron chi connectivity index (χ3n) is 5.81. The molecule has 3 aliphatic rings. The lowest BCUT2D eigenvalue weighted by Gasteiger charge is -2.28. The van der Waals surface area contributed by atoms with Crippen LogP contribution in [0.1, 0.15) is 44.1 Å². The maximum atomic E-state index is 2.77. The highest BCUT2D eigenvalue weighted by molar-refractivity contribution is 5.85. The van der Waals surface area contributed by atoms with E-state index >= 15 is 0 Å². The van der Waals surface area contributed by atoms with Crippen LogP contribution < -0.4 is 0 Å². The zero-order valence-corrected chi connectivity index (χ0v) is 13.1. The molecule has 2 aliphatic carbocycles. The van der Waals surface area contributed by atoms with Crippen LogP contribution in [0.5, 0.6) is 0 Å². The second-order valence-electron chi connectivity index (χ2n) is 7.12. The average molecular weight is 292 g/mol. The van der Waals surface area contributed by atoms with Crippen LogP contribution >= 0.6 is 12.4 Å². The van der Waals surface area contributed by atoms with Crippen LogP contribution in [-0.2, 0) is 5.41 Å². The van der Waals surface area contributed by atoms with Gasteiger partial charge >= 0.3 is 0 Å². The molecule has 0 bridgehead atoms. The van der Waals surface area contributed by atoms with Crippen LogP contribution in [0.15, 0.2) is 30.3 Å². The quantitative estimate of drug-likeness (QED) is 0.804.